The zero-order chi connectivity index (χ0) is 17.3. The Balaban J connectivity index is 2.23. The van der Waals surface area contributed by atoms with Gasteiger partial charge >= 0.3 is 0 Å². The molecule has 1 aromatic carbocycles. The first kappa shape index (κ1) is 15.3. The van der Waals surface area contributed by atoms with Crippen molar-refractivity contribution in [2.75, 3.05) is 0 Å². The van der Waals surface area contributed by atoms with E-state index in [1.54, 1.807) is 0 Å². The number of H-pyrrole nitrogens is 1. The SMILES string of the molecule is CC1=C(C#N)C(c2ccc3n[nH]c(/C=N\O)c3c2)C(C#N)=C(C)N1. The molecule has 7 heteroatoms. The van der Waals surface area contributed by atoms with Crippen molar-refractivity contribution in [3.8, 4) is 12.1 Å². The Morgan fingerprint density at radius 2 is 1.88 bits per heavy atom. The Labute approximate surface area is 138 Å². The lowest BCUT2D eigenvalue weighted by atomic mass is 9.81. The van der Waals surface area contributed by atoms with Gasteiger partial charge in [0.1, 0.15) is 0 Å². The summed E-state index contributed by atoms with van der Waals surface area (Å²) >= 11 is 0. The Bertz CT molecular complexity index is 960. The van der Waals surface area contributed by atoms with Crippen LogP contribution < -0.4 is 5.32 Å². The molecule has 2 aromatic rings. The maximum absolute atomic E-state index is 9.55. The van der Waals surface area contributed by atoms with Crippen molar-refractivity contribution in [1.29, 1.82) is 10.5 Å². The van der Waals surface area contributed by atoms with Crippen LogP contribution in [0, 0.1) is 22.7 Å². The molecule has 1 aliphatic heterocycles. The van der Waals surface area contributed by atoms with Crippen molar-refractivity contribution in [2.45, 2.75) is 19.8 Å². The average Bonchev–Trinajstić information content (AvgIpc) is 2.97. The summed E-state index contributed by atoms with van der Waals surface area (Å²) in [6.45, 7) is 3.65. The van der Waals surface area contributed by atoms with Gasteiger partial charge in [-0.25, -0.2) is 0 Å². The summed E-state index contributed by atoms with van der Waals surface area (Å²) in [5.74, 6) is -0.431. The fraction of sp³-hybridized carbons (Fsp3) is 0.176. The largest absolute Gasteiger partial charge is 0.411 e. The van der Waals surface area contributed by atoms with Crippen LogP contribution in [0.4, 0.5) is 0 Å². The molecular formula is C17H14N6O. The second-order valence-corrected chi connectivity index (χ2v) is 5.52. The topological polar surface area (TPSA) is 121 Å². The second-order valence-electron chi connectivity index (χ2n) is 5.52. The van der Waals surface area contributed by atoms with E-state index in [2.05, 4.69) is 32.8 Å². The maximum atomic E-state index is 9.55. The standard InChI is InChI=1S/C17H14N6O/c1-9-13(6-18)17(14(7-19)10(2)21-9)11-3-4-15-12(5-11)16(8-20-24)23-22-15/h3-5,8,17,21,24H,1-2H3,(H,22,23)/b20-8-. The molecule has 0 atom stereocenters. The first-order valence-corrected chi connectivity index (χ1v) is 7.25. The van der Waals surface area contributed by atoms with Gasteiger partial charge in [-0.3, -0.25) is 5.10 Å². The number of nitriles is 2. The van der Waals surface area contributed by atoms with Crippen LogP contribution in [0.5, 0.6) is 0 Å². The molecule has 24 heavy (non-hydrogen) atoms. The summed E-state index contributed by atoms with van der Waals surface area (Å²) in [7, 11) is 0. The molecule has 1 aliphatic rings. The first-order chi connectivity index (χ1) is 11.6. The molecule has 0 bridgehead atoms. The number of aromatic amines is 1. The smallest absolute Gasteiger partial charge is 0.0975 e. The van der Waals surface area contributed by atoms with Crippen molar-refractivity contribution in [1.82, 2.24) is 15.5 Å². The summed E-state index contributed by atoms with van der Waals surface area (Å²) in [5.41, 5.74) is 4.58. The fourth-order valence-electron chi connectivity index (χ4n) is 3.01. The highest BCUT2D eigenvalue weighted by atomic mass is 16.4. The number of oxime groups is 1. The van der Waals surface area contributed by atoms with Crippen molar-refractivity contribution < 1.29 is 5.21 Å². The molecular weight excluding hydrogens is 304 g/mol. The van der Waals surface area contributed by atoms with Gasteiger partial charge in [0, 0.05) is 16.8 Å². The molecule has 0 aliphatic carbocycles. The van der Waals surface area contributed by atoms with Gasteiger partial charge in [0.25, 0.3) is 0 Å². The van der Waals surface area contributed by atoms with Gasteiger partial charge in [0.15, 0.2) is 0 Å². The Hall–Kier alpha value is -3.58. The van der Waals surface area contributed by atoms with Crippen LogP contribution in [0.2, 0.25) is 0 Å². The predicted molar refractivity (Wildman–Crippen MR) is 88.0 cm³/mol. The number of dihydropyridines is 1. The van der Waals surface area contributed by atoms with Gasteiger partial charge in [-0.15, -0.1) is 0 Å². The van der Waals surface area contributed by atoms with E-state index in [4.69, 9.17) is 5.21 Å². The highest BCUT2D eigenvalue weighted by molar-refractivity contribution is 5.97. The number of fused-ring (bicyclic) bond motifs is 1. The number of allylic oxidation sites excluding steroid dienone is 4. The molecule has 7 nitrogen and oxygen atoms in total. The number of benzene rings is 1. The normalized spacial score (nSPS) is 15.7. The van der Waals surface area contributed by atoms with Crippen molar-refractivity contribution in [3.05, 3.63) is 52.0 Å². The van der Waals surface area contributed by atoms with Crippen LogP contribution in [0.25, 0.3) is 10.9 Å². The molecule has 0 saturated heterocycles. The van der Waals surface area contributed by atoms with Crippen LogP contribution in [0.15, 0.2) is 45.9 Å². The number of nitrogens with one attached hydrogen (secondary N) is 2. The van der Waals surface area contributed by atoms with E-state index >= 15 is 0 Å². The third-order valence-corrected chi connectivity index (χ3v) is 4.13. The van der Waals surface area contributed by atoms with Gasteiger partial charge in [-0.05, 0) is 31.5 Å². The van der Waals surface area contributed by atoms with E-state index in [1.165, 1.54) is 6.21 Å². The van der Waals surface area contributed by atoms with Gasteiger partial charge < -0.3 is 10.5 Å². The number of hydrogen-bond acceptors (Lipinski definition) is 6. The molecule has 2 heterocycles. The minimum absolute atomic E-state index is 0.431. The molecule has 118 valence electrons. The van der Waals surface area contributed by atoms with Crippen LogP contribution in [0.3, 0.4) is 0 Å². The molecule has 3 rings (SSSR count). The van der Waals surface area contributed by atoms with Crippen molar-refractivity contribution >= 4 is 17.1 Å². The van der Waals surface area contributed by atoms with Crippen LogP contribution >= 0.6 is 0 Å². The zero-order valence-electron chi connectivity index (χ0n) is 13.1. The Morgan fingerprint density at radius 3 is 2.46 bits per heavy atom. The molecule has 0 radical (unpaired) electrons. The fourth-order valence-corrected chi connectivity index (χ4v) is 3.01. The summed E-state index contributed by atoms with van der Waals surface area (Å²) in [6, 6.07) is 9.95. The van der Waals surface area contributed by atoms with Crippen LogP contribution in [0.1, 0.15) is 31.0 Å². The molecule has 0 unspecified atom stereocenters. The van der Waals surface area contributed by atoms with E-state index in [-0.39, 0.29) is 0 Å². The third kappa shape index (κ3) is 2.29. The quantitative estimate of drug-likeness (QED) is 0.446. The lowest BCUT2D eigenvalue weighted by molar-refractivity contribution is 0.321. The van der Waals surface area contributed by atoms with Crippen LogP contribution in [-0.4, -0.2) is 21.6 Å². The number of rotatable bonds is 2. The van der Waals surface area contributed by atoms with Crippen molar-refractivity contribution in [3.63, 3.8) is 0 Å². The number of nitrogens with zero attached hydrogens (tertiary/aromatic N) is 4. The minimum Gasteiger partial charge on any atom is -0.411 e. The first-order valence-electron chi connectivity index (χ1n) is 7.25. The summed E-state index contributed by atoms with van der Waals surface area (Å²) < 4.78 is 0. The number of hydrogen-bond donors (Lipinski definition) is 3. The highest BCUT2D eigenvalue weighted by Gasteiger charge is 2.29. The van der Waals surface area contributed by atoms with E-state index in [9.17, 15) is 10.5 Å². The van der Waals surface area contributed by atoms with Gasteiger partial charge in [-0.2, -0.15) is 15.6 Å². The molecule has 3 N–H and O–H groups in total. The monoisotopic (exact) mass is 318 g/mol. The second kappa shape index (κ2) is 5.90. The zero-order valence-corrected chi connectivity index (χ0v) is 13.1. The third-order valence-electron chi connectivity index (χ3n) is 4.13. The lowest BCUT2D eigenvalue weighted by Gasteiger charge is -2.26. The summed E-state index contributed by atoms with van der Waals surface area (Å²) in [4.78, 5) is 0. The van der Waals surface area contributed by atoms with Gasteiger partial charge in [0.2, 0.25) is 0 Å². The average molecular weight is 318 g/mol. The van der Waals surface area contributed by atoms with Gasteiger partial charge in [-0.1, -0.05) is 11.2 Å². The van der Waals surface area contributed by atoms with Gasteiger partial charge in [0.05, 0.1) is 46.6 Å². The molecule has 0 saturated carbocycles. The van der Waals surface area contributed by atoms with E-state index < -0.39 is 5.92 Å². The summed E-state index contributed by atoms with van der Waals surface area (Å²) in [5, 5.41) is 41.7. The molecule has 0 amide bonds. The maximum Gasteiger partial charge on any atom is 0.0975 e. The predicted octanol–water partition coefficient (Wildman–Crippen LogP) is 2.65. The molecule has 0 fully saturated rings. The highest BCUT2D eigenvalue weighted by Crippen LogP contribution is 2.38. The molecule has 1 aromatic heterocycles. The van der Waals surface area contributed by atoms with E-state index in [1.807, 2.05) is 32.0 Å². The lowest BCUT2D eigenvalue weighted by Crippen LogP contribution is -2.23. The minimum atomic E-state index is -0.431. The van der Waals surface area contributed by atoms with E-state index in [0.29, 0.717) is 22.4 Å². The van der Waals surface area contributed by atoms with Crippen LogP contribution in [-0.2, 0) is 0 Å². The van der Waals surface area contributed by atoms with E-state index in [0.717, 1.165) is 22.3 Å². The number of aromatic nitrogens is 2. The Morgan fingerprint density at radius 1 is 1.21 bits per heavy atom. The molecule has 0 spiro atoms. The Kier molecular flexibility index (Phi) is 3.77. The van der Waals surface area contributed by atoms with Crippen molar-refractivity contribution in [2.24, 2.45) is 5.16 Å². The summed E-state index contributed by atoms with van der Waals surface area (Å²) in [6.07, 6.45) is 1.26.